The first-order valence-electron chi connectivity index (χ1n) is 6.52. The van der Waals surface area contributed by atoms with Crippen molar-refractivity contribution in [2.75, 3.05) is 5.32 Å². The van der Waals surface area contributed by atoms with Crippen LogP contribution < -0.4 is 16.4 Å². The third-order valence-electron chi connectivity index (χ3n) is 2.75. The van der Waals surface area contributed by atoms with Gasteiger partial charge < -0.3 is 16.4 Å². The molecule has 0 saturated heterocycles. The van der Waals surface area contributed by atoms with Gasteiger partial charge in [0.15, 0.2) is 0 Å². The molecule has 112 valence electrons. The number of rotatable bonds is 7. The Bertz CT molecular complexity index is 555. The van der Waals surface area contributed by atoms with Crippen molar-refractivity contribution in [2.45, 2.75) is 25.8 Å². The second-order valence-electron chi connectivity index (χ2n) is 4.56. The third-order valence-corrected chi connectivity index (χ3v) is 2.75. The first-order chi connectivity index (χ1) is 9.93. The fourth-order valence-electron chi connectivity index (χ4n) is 1.75. The van der Waals surface area contributed by atoms with Gasteiger partial charge in [0.25, 0.3) is 5.91 Å². The van der Waals surface area contributed by atoms with Crippen LogP contribution in [0.15, 0.2) is 36.9 Å². The highest BCUT2D eigenvalue weighted by Crippen LogP contribution is 2.11. The van der Waals surface area contributed by atoms with Crippen molar-refractivity contribution in [1.29, 1.82) is 0 Å². The van der Waals surface area contributed by atoms with E-state index in [-0.39, 0.29) is 5.91 Å². The Morgan fingerprint density at radius 3 is 2.67 bits per heavy atom. The summed E-state index contributed by atoms with van der Waals surface area (Å²) in [6.07, 6.45) is 2.62. The van der Waals surface area contributed by atoms with Crippen molar-refractivity contribution in [1.82, 2.24) is 5.32 Å². The van der Waals surface area contributed by atoms with E-state index >= 15 is 0 Å². The van der Waals surface area contributed by atoms with Crippen LogP contribution in [0, 0.1) is 0 Å². The van der Waals surface area contributed by atoms with Crippen molar-refractivity contribution in [3.05, 3.63) is 42.5 Å². The van der Waals surface area contributed by atoms with Crippen LogP contribution in [0.5, 0.6) is 0 Å². The highest BCUT2D eigenvalue weighted by atomic mass is 16.2. The average molecular weight is 289 g/mol. The number of hydrogen-bond donors (Lipinski definition) is 3. The Kier molecular flexibility index (Phi) is 6.13. The number of carbonyl (C=O) groups excluding carboxylic acids is 3. The van der Waals surface area contributed by atoms with Crippen LogP contribution in [0.4, 0.5) is 5.69 Å². The largest absolute Gasteiger partial charge is 0.368 e. The van der Waals surface area contributed by atoms with E-state index in [1.54, 1.807) is 24.3 Å². The molecule has 0 bridgehead atoms. The minimum Gasteiger partial charge on any atom is -0.368 e. The van der Waals surface area contributed by atoms with Gasteiger partial charge in [0.05, 0.1) is 0 Å². The van der Waals surface area contributed by atoms with E-state index < -0.39 is 17.9 Å². The van der Waals surface area contributed by atoms with Gasteiger partial charge >= 0.3 is 0 Å². The van der Waals surface area contributed by atoms with Crippen LogP contribution in [0.1, 0.15) is 30.1 Å². The van der Waals surface area contributed by atoms with Gasteiger partial charge in [0, 0.05) is 18.2 Å². The minimum absolute atomic E-state index is 0.228. The van der Waals surface area contributed by atoms with Gasteiger partial charge in [-0.2, -0.15) is 0 Å². The number of anilines is 1. The second kappa shape index (κ2) is 7.84. The molecule has 6 nitrogen and oxygen atoms in total. The number of hydrogen-bond acceptors (Lipinski definition) is 3. The van der Waals surface area contributed by atoms with Crippen LogP contribution in [0.2, 0.25) is 0 Å². The van der Waals surface area contributed by atoms with Crippen LogP contribution in [-0.2, 0) is 9.59 Å². The molecule has 3 amide bonds. The maximum atomic E-state index is 12.1. The fourth-order valence-corrected chi connectivity index (χ4v) is 1.75. The molecule has 1 atom stereocenters. The van der Waals surface area contributed by atoms with Crippen molar-refractivity contribution in [3.63, 3.8) is 0 Å². The quantitative estimate of drug-likeness (QED) is 0.657. The van der Waals surface area contributed by atoms with E-state index in [2.05, 4.69) is 17.2 Å². The molecular weight excluding hydrogens is 270 g/mol. The van der Waals surface area contributed by atoms with Gasteiger partial charge in [-0.25, -0.2) is 0 Å². The molecule has 0 aromatic heterocycles. The van der Waals surface area contributed by atoms with Crippen LogP contribution in [-0.4, -0.2) is 23.8 Å². The van der Waals surface area contributed by atoms with E-state index in [0.29, 0.717) is 24.1 Å². The smallest absolute Gasteiger partial charge is 0.252 e. The van der Waals surface area contributed by atoms with Crippen molar-refractivity contribution in [2.24, 2.45) is 5.73 Å². The number of allylic oxidation sites excluding steroid dienone is 1. The predicted molar refractivity (Wildman–Crippen MR) is 80.6 cm³/mol. The Hall–Kier alpha value is -2.63. The molecule has 0 spiro atoms. The van der Waals surface area contributed by atoms with Crippen LogP contribution in [0.3, 0.4) is 0 Å². The standard InChI is InChI=1S/C15H19N3O3/c1-3-4-8-13(14(16)20)18-15(21)11-6-5-7-12(9-11)17-10(2)19/h3,5-7,9,13H,1,4,8H2,2H3,(H2,16,20)(H,17,19)(H,18,21)/t13-/m1/s1. The van der Waals surface area contributed by atoms with Gasteiger partial charge in [-0.1, -0.05) is 12.1 Å². The zero-order chi connectivity index (χ0) is 15.8. The molecule has 0 aliphatic heterocycles. The summed E-state index contributed by atoms with van der Waals surface area (Å²) >= 11 is 0. The molecule has 21 heavy (non-hydrogen) atoms. The summed E-state index contributed by atoms with van der Waals surface area (Å²) < 4.78 is 0. The van der Waals surface area contributed by atoms with Gasteiger partial charge in [-0.05, 0) is 31.0 Å². The summed E-state index contributed by atoms with van der Waals surface area (Å²) in [6, 6.07) is 5.68. The number of benzene rings is 1. The summed E-state index contributed by atoms with van der Waals surface area (Å²) in [5, 5.41) is 5.16. The molecule has 0 saturated carbocycles. The molecule has 0 aliphatic rings. The molecule has 0 fully saturated rings. The van der Waals surface area contributed by atoms with E-state index in [1.807, 2.05) is 0 Å². The third kappa shape index (κ3) is 5.48. The molecule has 4 N–H and O–H groups in total. The van der Waals surface area contributed by atoms with E-state index in [1.165, 1.54) is 13.0 Å². The fraction of sp³-hybridized carbons (Fsp3) is 0.267. The van der Waals surface area contributed by atoms with Crippen LogP contribution in [0.25, 0.3) is 0 Å². The lowest BCUT2D eigenvalue weighted by Crippen LogP contribution is -2.44. The maximum absolute atomic E-state index is 12.1. The zero-order valence-corrected chi connectivity index (χ0v) is 11.9. The zero-order valence-electron chi connectivity index (χ0n) is 11.9. The number of nitrogens with one attached hydrogen (secondary N) is 2. The normalized spacial score (nSPS) is 11.3. The SMILES string of the molecule is C=CCC[C@@H](NC(=O)c1cccc(NC(C)=O)c1)C(N)=O. The Morgan fingerprint density at radius 2 is 2.10 bits per heavy atom. The Balaban J connectivity index is 2.79. The van der Waals surface area contributed by atoms with Gasteiger partial charge in [0.2, 0.25) is 11.8 Å². The summed E-state index contributed by atoms with van der Waals surface area (Å²) in [7, 11) is 0. The number of carbonyl (C=O) groups is 3. The monoisotopic (exact) mass is 289 g/mol. The molecular formula is C15H19N3O3. The first-order valence-corrected chi connectivity index (χ1v) is 6.52. The summed E-state index contributed by atoms with van der Waals surface area (Å²) in [5.74, 6) is -1.24. The molecule has 0 aliphatic carbocycles. The summed E-state index contributed by atoms with van der Waals surface area (Å²) in [6.45, 7) is 4.94. The minimum atomic E-state index is -0.750. The lowest BCUT2D eigenvalue weighted by molar-refractivity contribution is -0.120. The molecule has 1 aromatic carbocycles. The summed E-state index contributed by atoms with van der Waals surface area (Å²) in [4.78, 5) is 34.4. The first kappa shape index (κ1) is 16.4. The molecule has 6 heteroatoms. The number of primary amides is 1. The number of amides is 3. The van der Waals surface area contributed by atoms with Crippen molar-refractivity contribution >= 4 is 23.4 Å². The molecule has 0 radical (unpaired) electrons. The lowest BCUT2D eigenvalue weighted by atomic mass is 10.1. The topological polar surface area (TPSA) is 101 Å². The molecule has 0 unspecified atom stereocenters. The highest BCUT2D eigenvalue weighted by molar-refractivity contribution is 5.99. The number of nitrogens with two attached hydrogens (primary N) is 1. The molecule has 1 aromatic rings. The summed E-state index contributed by atoms with van der Waals surface area (Å²) in [5.41, 5.74) is 6.10. The van der Waals surface area contributed by atoms with Crippen LogP contribution >= 0.6 is 0 Å². The van der Waals surface area contributed by atoms with Crippen molar-refractivity contribution < 1.29 is 14.4 Å². The average Bonchev–Trinajstić information content (AvgIpc) is 2.42. The van der Waals surface area contributed by atoms with E-state index in [4.69, 9.17) is 5.73 Å². The van der Waals surface area contributed by atoms with E-state index in [0.717, 1.165) is 0 Å². The van der Waals surface area contributed by atoms with Crippen molar-refractivity contribution in [3.8, 4) is 0 Å². The Morgan fingerprint density at radius 1 is 1.38 bits per heavy atom. The van der Waals surface area contributed by atoms with Gasteiger partial charge in [-0.15, -0.1) is 6.58 Å². The van der Waals surface area contributed by atoms with E-state index in [9.17, 15) is 14.4 Å². The Labute approximate surface area is 123 Å². The predicted octanol–water partition coefficient (Wildman–Crippen LogP) is 1.19. The maximum Gasteiger partial charge on any atom is 0.252 e. The molecule has 0 heterocycles. The lowest BCUT2D eigenvalue weighted by Gasteiger charge is -2.15. The molecule has 1 rings (SSSR count). The highest BCUT2D eigenvalue weighted by Gasteiger charge is 2.18. The van der Waals surface area contributed by atoms with Gasteiger partial charge in [-0.3, -0.25) is 14.4 Å². The van der Waals surface area contributed by atoms with Gasteiger partial charge in [0.1, 0.15) is 6.04 Å². The second-order valence-corrected chi connectivity index (χ2v) is 4.56.